The molecule has 0 saturated carbocycles. The zero-order valence-electron chi connectivity index (χ0n) is 17.8. The molecular weight excluding hydrogens is 497 g/mol. The van der Waals surface area contributed by atoms with Crippen LogP contribution < -0.4 is 9.62 Å². The number of rotatable bonds is 9. The molecule has 0 aliphatic rings. The van der Waals surface area contributed by atoms with Gasteiger partial charge in [0.2, 0.25) is 21.8 Å². The standard InChI is InChI=1S/C21H24Cl3N3O4S/c1-4-19(21(29)25-2)26(12-14-5-10-17(23)18(24)11-14)20(28)13-27(32(3,30)31)16-8-6-15(22)7-9-16/h5-11,19H,4,12-13H2,1-3H3,(H,25,29)/t19-/m0/s1. The topological polar surface area (TPSA) is 86.8 Å². The molecule has 2 aromatic carbocycles. The van der Waals surface area contributed by atoms with E-state index in [1.807, 2.05) is 0 Å². The molecule has 11 heteroatoms. The number of nitrogens with zero attached hydrogens (tertiary/aromatic N) is 2. The lowest BCUT2D eigenvalue weighted by Gasteiger charge is -2.32. The highest BCUT2D eigenvalue weighted by Crippen LogP contribution is 2.25. The largest absolute Gasteiger partial charge is 0.357 e. The Morgan fingerprint density at radius 1 is 1.03 bits per heavy atom. The van der Waals surface area contributed by atoms with Crippen LogP contribution in [0.3, 0.4) is 0 Å². The van der Waals surface area contributed by atoms with Gasteiger partial charge in [0.05, 0.1) is 22.0 Å². The Balaban J connectivity index is 2.43. The summed E-state index contributed by atoms with van der Waals surface area (Å²) in [6, 6.07) is 10.2. The molecule has 0 aromatic heterocycles. The molecule has 1 N–H and O–H groups in total. The molecule has 0 heterocycles. The fourth-order valence-corrected chi connectivity index (χ4v) is 4.44. The van der Waals surface area contributed by atoms with Gasteiger partial charge in [-0.05, 0) is 48.4 Å². The number of carbonyl (C=O) groups excluding carboxylic acids is 2. The number of likely N-dealkylation sites (N-methyl/N-ethyl adjacent to an activating group) is 1. The molecule has 7 nitrogen and oxygen atoms in total. The first-order valence-electron chi connectivity index (χ1n) is 9.66. The molecule has 0 radical (unpaired) electrons. The van der Waals surface area contributed by atoms with Crippen LogP contribution in [0, 0.1) is 0 Å². The average molecular weight is 521 g/mol. The van der Waals surface area contributed by atoms with Gasteiger partial charge in [-0.3, -0.25) is 13.9 Å². The van der Waals surface area contributed by atoms with Crippen molar-refractivity contribution < 1.29 is 18.0 Å². The summed E-state index contributed by atoms with van der Waals surface area (Å²) in [6.45, 7) is 1.32. The second kappa shape index (κ2) is 11.2. The number of hydrogen-bond acceptors (Lipinski definition) is 4. The van der Waals surface area contributed by atoms with Crippen LogP contribution in [0.5, 0.6) is 0 Å². The van der Waals surface area contributed by atoms with Gasteiger partial charge in [-0.1, -0.05) is 47.8 Å². The number of benzene rings is 2. The zero-order chi connectivity index (χ0) is 24.1. The third kappa shape index (κ3) is 6.75. The molecular formula is C21H24Cl3N3O4S. The Morgan fingerprint density at radius 3 is 2.16 bits per heavy atom. The molecule has 0 aliphatic heterocycles. The first-order valence-corrected chi connectivity index (χ1v) is 12.6. The zero-order valence-corrected chi connectivity index (χ0v) is 20.9. The molecule has 174 valence electrons. The summed E-state index contributed by atoms with van der Waals surface area (Å²) >= 11 is 18.0. The van der Waals surface area contributed by atoms with Gasteiger partial charge in [-0.25, -0.2) is 8.42 Å². The van der Waals surface area contributed by atoms with E-state index in [0.29, 0.717) is 27.1 Å². The minimum absolute atomic E-state index is 0.0415. The Morgan fingerprint density at radius 2 is 1.66 bits per heavy atom. The van der Waals surface area contributed by atoms with Crippen molar-refractivity contribution in [2.24, 2.45) is 0 Å². The van der Waals surface area contributed by atoms with Crippen LogP contribution in [0.25, 0.3) is 0 Å². The highest BCUT2D eigenvalue weighted by molar-refractivity contribution is 7.92. The molecule has 32 heavy (non-hydrogen) atoms. The lowest BCUT2D eigenvalue weighted by Crippen LogP contribution is -2.51. The third-order valence-electron chi connectivity index (χ3n) is 4.76. The average Bonchev–Trinajstić information content (AvgIpc) is 2.74. The third-order valence-corrected chi connectivity index (χ3v) is 6.89. The maximum Gasteiger partial charge on any atom is 0.244 e. The monoisotopic (exact) mass is 519 g/mol. The summed E-state index contributed by atoms with van der Waals surface area (Å²) in [4.78, 5) is 27.2. The minimum Gasteiger partial charge on any atom is -0.357 e. The van der Waals surface area contributed by atoms with E-state index in [1.165, 1.54) is 36.2 Å². The van der Waals surface area contributed by atoms with E-state index in [9.17, 15) is 18.0 Å². The van der Waals surface area contributed by atoms with Crippen LogP contribution in [0.4, 0.5) is 5.69 Å². The number of amides is 2. The van der Waals surface area contributed by atoms with Gasteiger partial charge in [0, 0.05) is 18.6 Å². The van der Waals surface area contributed by atoms with E-state index in [0.717, 1.165) is 10.6 Å². The quantitative estimate of drug-likeness (QED) is 0.542. The number of anilines is 1. The number of nitrogens with one attached hydrogen (secondary N) is 1. The Hall–Kier alpha value is -2.00. The highest BCUT2D eigenvalue weighted by Gasteiger charge is 2.31. The van der Waals surface area contributed by atoms with E-state index >= 15 is 0 Å². The number of halogens is 3. The van der Waals surface area contributed by atoms with Crippen molar-refractivity contribution in [3.05, 3.63) is 63.1 Å². The molecule has 0 fully saturated rings. The van der Waals surface area contributed by atoms with Crippen LogP contribution in [0.2, 0.25) is 15.1 Å². The Bertz CT molecular complexity index is 1080. The Kier molecular flexibility index (Phi) is 9.21. The molecule has 0 unspecified atom stereocenters. The molecule has 2 amide bonds. The summed E-state index contributed by atoms with van der Waals surface area (Å²) < 4.78 is 25.9. The second-order valence-corrected chi connectivity index (χ2v) is 10.2. The molecule has 0 aliphatic carbocycles. The number of hydrogen-bond donors (Lipinski definition) is 1. The first kappa shape index (κ1) is 26.3. The predicted octanol–water partition coefficient (Wildman–Crippen LogP) is 3.97. The van der Waals surface area contributed by atoms with Crippen LogP contribution in [0.1, 0.15) is 18.9 Å². The fourth-order valence-electron chi connectivity index (χ4n) is 3.14. The summed E-state index contributed by atoms with van der Waals surface area (Å²) in [5.74, 6) is -0.912. The minimum atomic E-state index is -3.80. The summed E-state index contributed by atoms with van der Waals surface area (Å²) in [5, 5.41) is 3.65. The van der Waals surface area contributed by atoms with Gasteiger partial charge in [0.25, 0.3) is 0 Å². The SMILES string of the molecule is CC[C@@H](C(=O)NC)N(Cc1ccc(Cl)c(Cl)c1)C(=O)CN(c1ccc(Cl)cc1)S(C)(=O)=O. The fraction of sp³-hybridized carbons (Fsp3) is 0.333. The van der Waals surface area contributed by atoms with Crippen molar-refractivity contribution >= 4 is 62.3 Å². The van der Waals surface area contributed by atoms with E-state index in [2.05, 4.69) is 5.32 Å². The van der Waals surface area contributed by atoms with Gasteiger partial charge < -0.3 is 10.2 Å². The molecule has 0 spiro atoms. The van der Waals surface area contributed by atoms with Crippen molar-refractivity contribution in [1.29, 1.82) is 0 Å². The van der Waals surface area contributed by atoms with Crippen LogP contribution >= 0.6 is 34.8 Å². The van der Waals surface area contributed by atoms with Crippen molar-refractivity contribution in [1.82, 2.24) is 10.2 Å². The molecule has 1 atom stereocenters. The maximum atomic E-state index is 13.4. The number of carbonyl (C=O) groups is 2. The lowest BCUT2D eigenvalue weighted by molar-refractivity contribution is -0.140. The summed E-state index contributed by atoms with van der Waals surface area (Å²) in [6.07, 6.45) is 1.33. The maximum absolute atomic E-state index is 13.4. The van der Waals surface area contributed by atoms with Gasteiger partial charge in [0.15, 0.2) is 0 Å². The number of sulfonamides is 1. The van der Waals surface area contributed by atoms with Gasteiger partial charge >= 0.3 is 0 Å². The predicted molar refractivity (Wildman–Crippen MR) is 129 cm³/mol. The molecule has 2 rings (SSSR count). The highest BCUT2D eigenvalue weighted by atomic mass is 35.5. The van der Waals surface area contributed by atoms with Crippen molar-refractivity contribution in [2.45, 2.75) is 25.9 Å². The van der Waals surface area contributed by atoms with E-state index in [1.54, 1.807) is 25.1 Å². The molecule has 0 bridgehead atoms. The van der Waals surface area contributed by atoms with Gasteiger partial charge in [0.1, 0.15) is 12.6 Å². The lowest BCUT2D eigenvalue weighted by atomic mass is 10.1. The van der Waals surface area contributed by atoms with Crippen molar-refractivity contribution in [3.8, 4) is 0 Å². The second-order valence-electron chi connectivity index (χ2n) is 7.05. The van der Waals surface area contributed by atoms with Crippen molar-refractivity contribution in [2.75, 3.05) is 24.2 Å². The van der Waals surface area contributed by atoms with Crippen LogP contribution in [0.15, 0.2) is 42.5 Å². The van der Waals surface area contributed by atoms with Gasteiger partial charge in [-0.2, -0.15) is 0 Å². The molecule has 2 aromatic rings. The van der Waals surface area contributed by atoms with Crippen LogP contribution in [-0.2, 0) is 26.2 Å². The summed E-state index contributed by atoms with van der Waals surface area (Å²) in [7, 11) is -2.32. The van der Waals surface area contributed by atoms with Crippen molar-refractivity contribution in [3.63, 3.8) is 0 Å². The Labute approximate surface area is 203 Å². The van der Waals surface area contributed by atoms with E-state index in [-0.39, 0.29) is 18.1 Å². The van der Waals surface area contributed by atoms with Gasteiger partial charge in [-0.15, -0.1) is 0 Å². The van der Waals surface area contributed by atoms with E-state index < -0.39 is 28.5 Å². The first-order chi connectivity index (χ1) is 15.0. The molecule has 0 saturated heterocycles. The summed E-state index contributed by atoms with van der Waals surface area (Å²) in [5.41, 5.74) is 0.931. The smallest absolute Gasteiger partial charge is 0.244 e. The van der Waals surface area contributed by atoms with Crippen LogP contribution in [-0.4, -0.2) is 51.0 Å². The normalized spacial score (nSPS) is 12.2. The van der Waals surface area contributed by atoms with E-state index in [4.69, 9.17) is 34.8 Å².